The van der Waals surface area contributed by atoms with Crippen LogP contribution in [0.15, 0.2) is 72.3 Å². The zero-order chi connectivity index (χ0) is 35.1. The number of aromatic nitrogens is 4. The third-order valence-corrected chi connectivity index (χ3v) is 7.23. The average molecular weight is 659 g/mol. The number of rotatable bonds is 9. The monoisotopic (exact) mass is 658 g/mol. The number of hydrogen-bond acceptors (Lipinski definition) is 9. The highest BCUT2D eigenvalue weighted by molar-refractivity contribution is 5.90. The van der Waals surface area contributed by atoms with Gasteiger partial charge in [-0.1, -0.05) is 26.0 Å². The summed E-state index contributed by atoms with van der Waals surface area (Å²) in [5, 5.41) is 0. The molecule has 0 aliphatic heterocycles. The third kappa shape index (κ3) is 8.29. The van der Waals surface area contributed by atoms with E-state index in [-0.39, 0.29) is 29.6 Å². The van der Waals surface area contributed by atoms with E-state index < -0.39 is 28.5 Å². The zero-order valence-corrected chi connectivity index (χ0v) is 27.9. The number of furan rings is 1. The highest BCUT2D eigenvalue weighted by Gasteiger charge is 2.21. The molecule has 0 saturated heterocycles. The molecule has 2 aromatic carbocycles. The summed E-state index contributed by atoms with van der Waals surface area (Å²) in [6.45, 7) is 11.3. The Morgan fingerprint density at radius 2 is 1.29 bits per heavy atom. The lowest BCUT2D eigenvalue weighted by atomic mass is 10.1. The molecule has 48 heavy (non-hydrogen) atoms. The summed E-state index contributed by atoms with van der Waals surface area (Å²) in [4.78, 5) is 66.9. The third-order valence-electron chi connectivity index (χ3n) is 7.23. The first kappa shape index (κ1) is 35.0. The maximum absolute atomic E-state index is 12.6. The number of aryl methyl sites for hydroxylation is 4. The van der Waals surface area contributed by atoms with Crippen LogP contribution in [0.2, 0.25) is 0 Å². The van der Waals surface area contributed by atoms with Gasteiger partial charge in [-0.15, -0.1) is 0 Å². The van der Waals surface area contributed by atoms with Crippen LogP contribution < -0.4 is 32.0 Å². The van der Waals surface area contributed by atoms with Gasteiger partial charge in [-0.05, 0) is 93.1 Å². The molecule has 0 bridgehead atoms. The summed E-state index contributed by atoms with van der Waals surface area (Å²) in [5.74, 6) is 1.06. The van der Waals surface area contributed by atoms with Gasteiger partial charge in [-0.2, -0.15) is 0 Å². The first-order valence-corrected chi connectivity index (χ1v) is 15.2. The largest absolute Gasteiger partial charge is 0.467 e. The number of esters is 1. The minimum absolute atomic E-state index is 0.110. The molecule has 0 unspecified atom stereocenters. The van der Waals surface area contributed by atoms with Crippen LogP contribution in [0.5, 0.6) is 23.3 Å². The lowest BCUT2D eigenvalue weighted by Crippen LogP contribution is -2.33. The fourth-order valence-corrected chi connectivity index (χ4v) is 5.18. The van der Waals surface area contributed by atoms with Crippen LogP contribution >= 0.6 is 0 Å². The van der Waals surface area contributed by atoms with Gasteiger partial charge in [0.25, 0.3) is 11.1 Å². The fourth-order valence-electron chi connectivity index (χ4n) is 5.18. The van der Waals surface area contributed by atoms with Gasteiger partial charge in [0.15, 0.2) is 0 Å². The molecule has 5 aromatic rings. The number of carbonyl (C=O) groups excluding carboxylic acids is 1. The lowest BCUT2D eigenvalue weighted by Gasteiger charge is -2.16. The second-order valence-corrected chi connectivity index (χ2v) is 11.2. The second-order valence-electron chi connectivity index (χ2n) is 11.2. The van der Waals surface area contributed by atoms with Crippen molar-refractivity contribution in [2.45, 2.75) is 60.9 Å². The van der Waals surface area contributed by atoms with Crippen molar-refractivity contribution in [3.8, 4) is 23.3 Å². The summed E-state index contributed by atoms with van der Waals surface area (Å²) in [5.41, 5.74) is 2.86. The minimum Gasteiger partial charge on any atom is -0.467 e. The standard InChI is InChI=1S/C21H22N2O6.C14H16N2O3/c1-5-15-18(24)22-21(26)23(11-17-16(6-7-28-17)20(25)27-4)19(15)29-14-9-12(2)8-13(3)10-14;1-4-11-12(17)15-14(18)16-13(11)19-10-6-8(2)5-9(3)7-10/h6-10H,5,11H2,1-4H3,(H,22,24,26);5-7H,4H2,1-3H3,(H2,15,16,17,18). The van der Waals surface area contributed by atoms with E-state index in [2.05, 4.69) is 15.0 Å². The zero-order valence-electron chi connectivity index (χ0n) is 27.9. The normalized spacial score (nSPS) is 10.6. The number of nitrogens with one attached hydrogen (secondary N) is 3. The molecule has 3 heterocycles. The average Bonchev–Trinajstić information content (AvgIpc) is 3.46. The van der Waals surface area contributed by atoms with E-state index in [1.807, 2.05) is 71.0 Å². The van der Waals surface area contributed by atoms with Gasteiger partial charge in [0.05, 0.1) is 31.0 Å². The van der Waals surface area contributed by atoms with E-state index in [0.29, 0.717) is 35.5 Å². The number of nitrogens with zero attached hydrogens (tertiary/aromatic N) is 1. The van der Waals surface area contributed by atoms with Gasteiger partial charge >= 0.3 is 17.3 Å². The summed E-state index contributed by atoms with van der Waals surface area (Å²) in [7, 11) is 1.26. The van der Waals surface area contributed by atoms with Crippen molar-refractivity contribution in [1.82, 2.24) is 19.5 Å². The first-order chi connectivity index (χ1) is 22.8. The highest BCUT2D eigenvalue weighted by Crippen LogP contribution is 2.27. The Morgan fingerprint density at radius 3 is 1.83 bits per heavy atom. The number of benzene rings is 2. The van der Waals surface area contributed by atoms with Gasteiger partial charge < -0.3 is 18.6 Å². The Kier molecular flexibility index (Phi) is 11.1. The highest BCUT2D eigenvalue weighted by atomic mass is 16.5. The number of H-pyrrole nitrogens is 3. The second kappa shape index (κ2) is 15.2. The number of aromatic amines is 3. The van der Waals surface area contributed by atoms with Crippen molar-refractivity contribution >= 4 is 5.97 Å². The molecule has 252 valence electrons. The molecule has 3 N–H and O–H groups in total. The summed E-state index contributed by atoms with van der Waals surface area (Å²) in [6.07, 6.45) is 2.16. The Hall–Kier alpha value is -5.85. The van der Waals surface area contributed by atoms with E-state index in [0.717, 1.165) is 22.3 Å². The summed E-state index contributed by atoms with van der Waals surface area (Å²) < 4.78 is 23.0. The van der Waals surface area contributed by atoms with Gasteiger partial charge in [0.1, 0.15) is 22.8 Å². The number of hydrogen-bond donors (Lipinski definition) is 3. The van der Waals surface area contributed by atoms with Crippen LogP contribution in [0.25, 0.3) is 0 Å². The van der Waals surface area contributed by atoms with Crippen LogP contribution in [0.1, 0.15) is 63.3 Å². The maximum Gasteiger partial charge on any atom is 0.341 e. The first-order valence-electron chi connectivity index (χ1n) is 15.2. The van der Waals surface area contributed by atoms with Crippen molar-refractivity contribution in [1.29, 1.82) is 0 Å². The molecule has 0 radical (unpaired) electrons. The van der Waals surface area contributed by atoms with E-state index in [9.17, 15) is 24.0 Å². The molecule has 0 saturated carbocycles. The Bertz CT molecular complexity index is 2140. The van der Waals surface area contributed by atoms with Crippen LogP contribution in [0, 0.1) is 27.7 Å². The SMILES string of the molecule is CCc1c(Oc2cc(C)cc(C)c2)[nH]c(=O)[nH]c1=O.CCc1c(Oc2cc(C)cc(C)c2)n(Cc2occc2C(=O)OC)c(=O)[nH]c1=O. The molecule has 5 rings (SSSR count). The summed E-state index contributed by atoms with van der Waals surface area (Å²) in [6, 6.07) is 12.8. The van der Waals surface area contributed by atoms with Gasteiger partial charge in [-0.3, -0.25) is 29.1 Å². The molecule has 13 heteroatoms. The van der Waals surface area contributed by atoms with Crippen LogP contribution in [0.4, 0.5) is 0 Å². The van der Waals surface area contributed by atoms with Crippen molar-refractivity contribution in [3.63, 3.8) is 0 Å². The van der Waals surface area contributed by atoms with Gasteiger partial charge in [-0.25, -0.2) is 14.4 Å². The molecule has 3 aromatic heterocycles. The molecule has 13 nitrogen and oxygen atoms in total. The van der Waals surface area contributed by atoms with E-state index in [1.165, 1.54) is 24.0 Å². The number of methoxy groups -OCH3 is 1. The van der Waals surface area contributed by atoms with Crippen LogP contribution in [-0.2, 0) is 24.1 Å². The van der Waals surface area contributed by atoms with Crippen molar-refractivity contribution in [2.75, 3.05) is 7.11 Å². The van der Waals surface area contributed by atoms with E-state index in [4.69, 9.17) is 18.6 Å². The molecule has 0 atom stereocenters. The smallest absolute Gasteiger partial charge is 0.341 e. The molecule has 0 aliphatic rings. The molecular formula is C35H38N4O9. The fraction of sp³-hybridized carbons (Fsp3) is 0.286. The Morgan fingerprint density at radius 1 is 0.750 bits per heavy atom. The van der Waals surface area contributed by atoms with Crippen LogP contribution in [-0.4, -0.2) is 32.6 Å². The van der Waals surface area contributed by atoms with Crippen molar-refractivity contribution in [3.05, 3.63) is 135 Å². The topological polar surface area (TPSA) is 178 Å². The minimum atomic E-state index is -0.668. The molecule has 0 spiro atoms. The quantitative estimate of drug-likeness (QED) is 0.184. The van der Waals surface area contributed by atoms with Gasteiger partial charge in [0.2, 0.25) is 11.8 Å². The van der Waals surface area contributed by atoms with Crippen molar-refractivity contribution in [2.24, 2.45) is 0 Å². The van der Waals surface area contributed by atoms with Crippen LogP contribution in [0.3, 0.4) is 0 Å². The van der Waals surface area contributed by atoms with Crippen molar-refractivity contribution < 1.29 is 23.4 Å². The van der Waals surface area contributed by atoms with E-state index in [1.54, 1.807) is 6.92 Å². The molecular weight excluding hydrogens is 620 g/mol. The number of ether oxygens (including phenoxy) is 3. The predicted octanol–water partition coefficient (Wildman–Crippen LogP) is 4.97. The Balaban J connectivity index is 0.000000237. The number of carbonyl (C=O) groups is 1. The lowest BCUT2D eigenvalue weighted by molar-refractivity contribution is 0.0598. The maximum atomic E-state index is 12.6. The predicted molar refractivity (Wildman–Crippen MR) is 179 cm³/mol. The molecule has 0 aliphatic carbocycles. The van der Waals surface area contributed by atoms with E-state index >= 15 is 0 Å². The Labute approximate surface area is 275 Å². The summed E-state index contributed by atoms with van der Waals surface area (Å²) >= 11 is 0. The molecule has 0 fully saturated rings. The molecule has 0 amide bonds. The van der Waals surface area contributed by atoms with Gasteiger partial charge in [0, 0.05) is 0 Å².